The summed E-state index contributed by atoms with van der Waals surface area (Å²) in [6, 6.07) is 1.15. The number of hydrogen-bond donors (Lipinski definition) is 3. The molecule has 1 fully saturated rings. The van der Waals surface area contributed by atoms with E-state index in [1.807, 2.05) is 0 Å². The summed E-state index contributed by atoms with van der Waals surface area (Å²) in [6.45, 7) is -0.787. The molecule has 0 saturated carbocycles. The minimum Gasteiger partial charge on any atom is -0.412 e. The number of hydrogen-bond acceptors (Lipinski definition) is 6. The highest BCUT2D eigenvalue weighted by Crippen LogP contribution is 2.41. The van der Waals surface area contributed by atoms with Crippen LogP contribution in [0.4, 0.5) is 14.6 Å². The smallest absolute Gasteiger partial charge is 0.351 e. The van der Waals surface area contributed by atoms with Crippen LogP contribution in [0.1, 0.15) is 6.23 Å². The van der Waals surface area contributed by atoms with Crippen molar-refractivity contribution in [1.29, 1.82) is 0 Å². The summed E-state index contributed by atoms with van der Waals surface area (Å²) >= 11 is 0. The van der Waals surface area contributed by atoms with E-state index >= 15 is 0 Å². The lowest BCUT2D eigenvalue weighted by molar-refractivity contribution is -0.140. The molecule has 3 atom stereocenters. The zero-order valence-electron chi connectivity index (χ0n) is 10.0. The molecular weight excluding hydrogens is 284 g/mol. The highest BCUT2D eigenvalue weighted by atomic mass is 19.3. The van der Waals surface area contributed by atoms with Gasteiger partial charge >= 0.3 is 11.6 Å². The zero-order valence-corrected chi connectivity index (χ0v) is 10.0. The highest BCUT2D eigenvalue weighted by Gasteiger charge is 2.59. The number of nitrogens with two attached hydrogens (primary N) is 1. The molecule has 1 saturated heterocycles. The first-order chi connectivity index (χ1) is 8.37. The van der Waals surface area contributed by atoms with E-state index in [1.54, 1.807) is 0 Å². The van der Waals surface area contributed by atoms with Crippen molar-refractivity contribution in [2.45, 2.75) is 24.4 Å². The molecule has 1 aliphatic rings. The Labute approximate surface area is 110 Å². The van der Waals surface area contributed by atoms with Crippen LogP contribution < -0.4 is 11.4 Å². The van der Waals surface area contributed by atoms with Crippen LogP contribution in [0, 0.1) is 0 Å². The third kappa shape index (κ3) is 2.76. The molecule has 0 bridgehead atoms. The Morgan fingerprint density at radius 3 is 2.55 bits per heavy atom. The first kappa shape index (κ1) is 18.3. The predicted octanol–water partition coefficient (Wildman–Crippen LogP) is -2.94. The molecule has 11 heteroatoms. The van der Waals surface area contributed by atoms with Crippen LogP contribution in [-0.2, 0) is 4.74 Å². The molecule has 1 unspecified atom stereocenters. The Hall–Kier alpha value is -1.66. The van der Waals surface area contributed by atoms with E-state index in [0.29, 0.717) is 4.57 Å². The van der Waals surface area contributed by atoms with E-state index in [1.165, 1.54) is 0 Å². The Bertz CT molecular complexity index is 511. The van der Waals surface area contributed by atoms with Crippen LogP contribution in [0.15, 0.2) is 17.1 Å². The number of ether oxygens (including phenoxy) is 1. The number of anilines is 1. The molecule has 9 nitrogen and oxygen atoms in total. The SMILES string of the molecule is Nc1ccn([C@@H]2O[C@H](CO)C(O)C2(F)F)c(=O)n1.O.O. The van der Waals surface area contributed by atoms with Gasteiger partial charge in [-0.2, -0.15) is 13.8 Å². The Morgan fingerprint density at radius 1 is 1.50 bits per heavy atom. The van der Waals surface area contributed by atoms with E-state index in [9.17, 15) is 18.7 Å². The quantitative estimate of drug-likeness (QED) is 0.526. The summed E-state index contributed by atoms with van der Waals surface area (Å²) in [5.41, 5.74) is 4.21. The van der Waals surface area contributed by atoms with Gasteiger partial charge in [-0.05, 0) is 6.07 Å². The second kappa shape index (κ2) is 6.19. The molecule has 8 N–H and O–H groups in total. The largest absolute Gasteiger partial charge is 0.412 e. The fourth-order valence-electron chi connectivity index (χ4n) is 1.72. The van der Waals surface area contributed by atoms with Crippen molar-refractivity contribution >= 4 is 5.82 Å². The number of aromatic nitrogens is 2. The average Bonchev–Trinajstić information content (AvgIpc) is 2.52. The minimum atomic E-state index is -3.71. The first-order valence-corrected chi connectivity index (χ1v) is 5.04. The number of aliphatic hydroxyl groups excluding tert-OH is 2. The molecule has 1 aromatic rings. The van der Waals surface area contributed by atoms with Crippen LogP contribution in [-0.4, -0.2) is 55.5 Å². The summed E-state index contributed by atoms with van der Waals surface area (Å²) in [5, 5.41) is 18.1. The van der Waals surface area contributed by atoms with Gasteiger partial charge in [0.15, 0.2) is 6.10 Å². The summed E-state index contributed by atoms with van der Waals surface area (Å²) in [4.78, 5) is 14.7. The number of nitrogen functional groups attached to an aromatic ring is 1. The van der Waals surface area contributed by atoms with Gasteiger partial charge in [0, 0.05) is 6.20 Å². The molecule has 0 aromatic carbocycles. The van der Waals surface area contributed by atoms with Crippen molar-refractivity contribution in [2.24, 2.45) is 0 Å². The van der Waals surface area contributed by atoms with Crippen molar-refractivity contribution in [1.82, 2.24) is 9.55 Å². The van der Waals surface area contributed by atoms with E-state index in [-0.39, 0.29) is 16.8 Å². The Balaban J connectivity index is 0.00000180. The van der Waals surface area contributed by atoms with Gasteiger partial charge in [0.1, 0.15) is 11.9 Å². The second-order valence-corrected chi connectivity index (χ2v) is 3.87. The lowest BCUT2D eigenvalue weighted by atomic mass is 10.1. The van der Waals surface area contributed by atoms with Crippen molar-refractivity contribution in [2.75, 3.05) is 12.3 Å². The average molecular weight is 299 g/mol. The maximum atomic E-state index is 13.7. The molecule has 1 aromatic heterocycles. The van der Waals surface area contributed by atoms with Crippen molar-refractivity contribution < 1.29 is 34.7 Å². The lowest BCUT2D eigenvalue weighted by Crippen LogP contribution is -2.41. The van der Waals surface area contributed by atoms with Crippen LogP contribution in [0.2, 0.25) is 0 Å². The molecule has 2 heterocycles. The lowest BCUT2D eigenvalue weighted by Gasteiger charge is -2.20. The number of aliphatic hydroxyl groups is 2. The third-order valence-corrected chi connectivity index (χ3v) is 2.66. The second-order valence-electron chi connectivity index (χ2n) is 3.87. The normalized spacial score (nSPS) is 27.5. The van der Waals surface area contributed by atoms with Crippen LogP contribution in [0.5, 0.6) is 0 Å². The van der Waals surface area contributed by atoms with Crippen molar-refractivity contribution in [3.8, 4) is 0 Å². The summed E-state index contributed by atoms with van der Waals surface area (Å²) in [5.74, 6) is -3.83. The Kier molecular flexibility index (Phi) is 5.68. The molecule has 0 aliphatic carbocycles. The molecule has 0 amide bonds. The number of rotatable bonds is 2. The van der Waals surface area contributed by atoms with Gasteiger partial charge < -0.3 is 31.6 Å². The molecule has 0 radical (unpaired) electrons. The van der Waals surface area contributed by atoms with E-state index < -0.39 is 36.7 Å². The number of nitrogens with zero attached hydrogens (tertiary/aromatic N) is 2. The minimum absolute atomic E-state index is 0. The van der Waals surface area contributed by atoms with E-state index in [2.05, 4.69) is 4.98 Å². The highest BCUT2D eigenvalue weighted by molar-refractivity contribution is 5.23. The molecule has 116 valence electrons. The first-order valence-electron chi connectivity index (χ1n) is 5.04. The molecular formula is C9H15F2N3O6. The van der Waals surface area contributed by atoms with Gasteiger partial charge in [-0.15, -0.1) is 0 Å². The molecule has 1 aliphatic heterocycles. The van der Waals surface area contributed by atoms with Gasteiger partial charge in [0.25, 0.3) is 0 Å². The maximum Gasteiger partial charge on any atom is 0.351 e. The summed E-state index contributed by atoms with van der Waals surface area (Å²) < 4.78 is 32.7. The number of halogens is 2. The third-order valence-electron chi connectivity index (χ3n) is 2.66. The fraction of sp³-hybridized carbons (Fsp3) is 0.556. The fourth-order valence-corrected chi connectivity index (χ4v) is 1.72. The summed E-state index contributed by atoms with van der Waals surface area (Å²) in [6.07, 6.45) is -4.69. The van der Waals surface area contributed by atoms with Crippen molar-refractivity contribution in [3.63, 3.8) is 0 Å². The van der Waals surface area contributed by atoms with Gasteiger partial charge in [-0.1, -0.05) is 0 Å². The predicted molar refractivity (Wildman–Crippen MR) is 62.1 cm³/mol. The van der Waals surface area contributed by atoms with E-state index in [0.717, 1.165) is 12.3 Å². The standard InChI is InChI=1S/C9H11F2N3O4.2H2O/c10-9(11)6(16)4(3-15)18-7(9)14-2-1-5(12)13-8(14)17;;/h1-2,4,6-7,15-16H,3H2,(H2,12,13,17);2*1H2/t4-,6?,7-;;/m1../s1. The van der Waals surface area contributed by atoms with E-state index in [4.69, 9.17) is 15.6 Å². The van der Waals surface area contributed by atoms with Crippen LogP contribution in [0.3, 0.4) is 0 Å². The zero-order chi connectivity index (χ0) is 13.5. The van der Waals surface area contributed by atoms with Gasteiger partial charge in [-0.3, -0.25) is 4.57 Å². The van der Waals surface area contributed by atoms with Crippen LogP contribution >= 0.6 is 0 Å². The Morgan fingerprint density at radius 2 is 2.10 bits per heavy atom. The van der Waals surface area contributed by atoms with Gasteiger partial charge in [0.2, 0.25) is 6.23 Å². The van der Waals surface area contributed by atoms with Gasteiger partial charge in [-0.25, -0.2) is 4.79 Å². The van der Waals surface area contributed by atoms with Crippen molar-refractivity contribution in [3.05, 3.63) is 22.7 Å². The summed E-state index contributed by atoms with van der Waals surface area (Å²) in [7, 11) is 0. The van der Waals surface area contributed by atoms with Gasteiger partial charge in [0.05, 0.1) is 6.61 Å². The van der Waals surface area contributed by atoms with Crippen LogP contribution in [0.25, 0.3) is 0 Å². The molecule has 0 spiro atoms. The molecule has 2 rings (SSSR count). The molecule has 20 heavy (non-hydrogen) atoms. The topological polar surface area (TPSA) is 174 Å². The maximum absolute atomic E-state index is 13.7. The number of alkyl halides is 2. The monoisotopic (exact) mass is 299 g/mol.